The zero-order valence-electron chi connectivity index (χ0n) is 15.3. The molecule has 0 aliphatic heterocycles. The van der Waals surface area contributed by atoms with Crippen molar-refractivity contribution in [1.82, 2.24) is 15.6 Å². The summed E-state index contributed by atoms with van der Waals surface area (Å²) < 4.78 is 0. The lowest BCUT2D eigenvalue weighted by Gasteiger charge is -2.16. The summed E-state index contributed by atoms with van der Waals surface area (Å²) in [6, 6.07) is 12.5. The predicted molar refractivity (Wildman–Crippen MR) is 103 cm³/mol. The number of amides is 2. The average Bonchev–Trinajstić information content (AvgIpc) is 3.18. The van der Waals surface area contributed by atoms with Gasteiger partial charge in [0.1, 0.15) is 5.70 Å². The quantitative estimate of drug-likeness (QED) is 0.503. The molecule has 6 heteroatoms. The van der Waals surface area contributed by atoms with Crippen LogP contribution in [0.4, 0.5) is 0 Å². The summed E-state index contributed by atoms with van der Waals surface area (Å²) in [5.74, 6) is -0.608. The van der Waals surface area contributed by atoms with Gasteiger partial charge < -0.3 is 20.5 Å². The van der Waals surface area contributed by atoms with E-state index in [0.29, 0.717) is 12.1 Å². The highest BCUT2D eigenvalue weighted by molar-refractivity contribution is 6.05. The van der Waals surface area contributed by atoms with E-state index in [0.717, 1.165) is 25.3 Å². The average molecular weight is 355 g/mol. The Kier molecular flexibility index (Phi) is 7.64. The SMILES string of the molecule is CC[NH+](CC)CCNC(=O)/C(=C/c1ccc[nH]1)NC(=O)c1ccccc1. The molecule has 2 rings (SSSR count). The molecule has 6 nitrogen and oxygen atoms in total. The number of hydrogen-bond acceptors (Lipinski definition) is 2. The first-order valence-corrected chi connectivity index (χ1v) is 8.97. The van der Waals surface area contributed by atoms with Crippen LogP contribution in [0.1, 0.15) is 29.9 Å². The molecule has 26 heavy (non-hydrogen) atoms. The van der Waals surface area contributed by atoms with Crippen LogP contribution in [0.15, 0.2) is 54.4 Å². The third-order valence-electron chi connectivity index (χ3n) is 4.21. The third-order valence-corrected chi connectivity index (χ3v) is 4.21. The fraction of sp³-hybridized carbons (Fsp3) is 0.300. The highest BCUT2D eigenvalue weighted by Crippen LogP contribution is 2.05. The van der Waals surface area contributed by atoms with E-state index >= 15 is 0 Å². The Bertz CT molecular complexity index is 720. The minimum absolute atomic E-state index is 0.218. The molecule has 1 heterocycles. The zero-order valence-corrected chi connectivity index (χ0v) is 15.3. The molecule has 0 aliphatic carbocycles. The molecule has 2 amide bonds. The number of aromatic nitrogens is 1. The van der Waals surface area contributed by atoms with Gasteiger partial charge in [0.25, 0.3) is 11.8 Å². The van der Waals surface area contributed by atoms with Gasteiger partial charge in [0, 0.05) is 17.5 Å². The molecule has 0 radical (unpaired) electrons. The van der Waals surface area contributed by atoms with E-state index in [4.69, 9.17) is 0 Å². The molecule has 0 fully saturated rings. The van der Waals surface area contributed by atoms with Crippen molar-refractivity contribution in [1.29, 1.82) is 0 Å². The van der Waals surface area contributed by atoms with Gasteiger partial charge in [-0.1, -0.05) is 18.2 Å². The summed E-state index contributed by atoms with van der Waals surface area (Å²) >= 11 is 0. The van der Waals surface area contributed by atoms with E-state index in [-0.39, 0.29) is 17.5 Å². The molecule has 1 aromatic carbocycles. The van der Waals surface area contributed by atoms with Crippen LogP contribution in [0.3, 0.4) is 0 Å². The van der Waals surface area contributed by atoms with Gasteiger partial charge in [0.05, 0.1) is 26.2 Å². The van der Waals surface area contributed by atoms with Gasteiger partial charge in [-0.3, -0.25) is 9.59 Å². The molecule has 0 aliphatic rings. The van der Waals surface area contributed by atoms with Crippen LogP contribution in [0.2, 0.25) is 0 Å². The van der Waals surface area contributed by atoms with Crippen LogP contribution >= 0.6 is 0 Å². The van der Waals surface area contributed by atoms with E-state index < -0.39 is 0 Å². The Morgan fingerprint density at radius 3 is 2.42 bits per heavy atom. The molecule has 0 atom stereocenters. The Balaban J connectivity index is 2.06. The number of benzene rings is 1. The molecular formula is C20H27N4O2+. The Morgan fingerprint density at radius 2 is 1.81 bits per heavy atom. The molecular weight excluding hydrogens is 328 g/mol. The first kappa shape index (κ1) is 19.5. The number of carbonyl (C=O) groups is 2. The minimum Gasteiger partial charge on any atom is -0.362 e. The van der Waals surface area contributed by atoms with Crippen LogP contribution in [0.25, 0.3) is 6.08 Å². The molecule has 0 spiro atoms. The normalized spacial score (nSPS) is 11.4. The standard InChI is InChI=1S/C20H26N4O2/c1-3-24(4-2)14-13-22-20(26)18(15-17-11-8-12-21-17)23-19(25)16-9-6-5-7-10-16/h5-12,15,21H,3-4,13-14H2,1-2H3,(H,22,26)(H,23,25)/p+1/b18-15-. The van der Waals surface area contributed by atoms with Crippen LogP contribution in [0, 0.1) is 0 Å². The topological polar surface area (TPSA) is 78.4 Å². The third kappa shape index (κ3) is 5.89. The van der Waals surface area contributed by atoms with Gasteiger partial charge in [0.15, 0.2) is 0 Å². The second-order valence-corrected chi connectivity index (χ2v) is 5.97. The van der Waals surface area contributed by atoms with Crippen molar-refractivity contribution in [2.24, 2.45) is 0 Å². The van der Waals surface area contributed by atoms with Gasteiger partial charge >= 0.3 is 0 Å². The maximum atomic E-state index is 12.6. The zero-order chi connectivity index (χ0) is 18.8. The Labute approximate surface area is 154 Å². The highest BCUT2D eigenvalue weighted by atomic mass is 16.2. The van der Waals surface area contributed by atoms with E-state index in [9.17, 15) is 9.59 Å². The Morgan fingerprint density at radius 1 is 1.08 bits per heavy atom. The van der Waals surface area contributed by atoms with Crippen LogP contribution in [-0.4, -0.2) is 43.0 Å². The van der Waals surface area contributed by atoms with Crippen molar-refractivity contribution in [2.75, 3.05) is 26.2 Å². The number of quaternary nitrogens is 1. The van der Waals surface area contributed by atoms with Crippen molar-refractivity contribution < 1.29 is 14.5 Å². The highest BCUT2D eigenvalue weighted by Gasteiger charge is 2.15. The minimum atomic E-state index is -0.312. The molecule has 138 valence electrons. The van der Waals surface area contributed by atoms with Crippen molar-refractivity contribution in [3.8, 4) is 0 Å². The molecule has 0 unspecified atom stereocenters. The smallest absolute Gasteiger partial charge is 0.268 e. The molecule has 0 bridgehead atoms. The first-order valence-electron chi connectivity index (χ1n) is 8.97. The summed E-state index contributed by atoms with van der Waals surface area (Å²) in [5, 5.41) is 5.62. The number of H-pyrrole nitrogens is 1. The van der Waals surface area contributed by atoms with E-state index in [1.807, 2.05) is 18.2 Å². The number of rotatable bonds is 9. The maximum absolute atomic E-state index is 12.6. The van der Waals surface area contributed by atoms with E-state index in [2.05, 4.69) is 29.5 Å². The number of hydrogen-bond donors (Lipinski definition) is 4. The summed E-state index contributed by atoms with van der Waals surface area (Å²) in [6.07, 6.45) is 3.41. The molecule has 4 N–H and O–H groups in total. The molecule has 0 saturated carbocycles. The fourth-order valence-corrected chi connectivity index (χ4v) is 2.58. The van der Waals surface area contributed by atoms with Crippen LogP contribution in [0.5, 0.6) is 0 Å². The summed E-state index contributed by atoms with van der Waals surface area (Å²) in [7, 11) is 0. The van der Waals surface area contributed by atoms with Crippen molar-refractivity contribution in [3.63, 3.8) is 0 Å². The van der Waals surface area contributed by atoms with Gasteiger partial charge in [0.2, 0.25) is 0 Å². The van der Waals surface area contributed by atoms with Crippen molar-refractivity contribution in [3.05, 3.63) is 65.6 Å². The Hall–Kier alpha value is -2.86. The number of nitrogens with one attached hydrogen (secondary N) is 4. The number of carbonyl (C=O) groups excluding carboxylic acids is 2. The van der Waals surface area contributed by atoms with Crippen molar-refractivity contribution >= 4 is 17.9 Å². The first-order chi connectivity index (χ1) is 12.6. The van der Waals surface area contributed by atoms with Gasteiger partial charge in [-0.2, -0.15) is 0 Å². The van der Waals surface area contributed by atoms with Crippen LogP contribution < -0.4 is 15.5 Å². The second kappa shape index (κ2) is 10.2. The van der Waals surface area contributed by atoms with Gasteiger partial charge in [-0.05, 0) is 44.2 Å². The maximum Gasteiger partial charge on any atom is 0.268 e. The summed E-state index contributed by atoms with van der Waals surface area (Å²) in [4.78, 5) is 29.4. The lowest BCUT2D eigenvalue weighted by molar-refractivity contribution is -0.895. The lowest BCUT2D eigenvalue weighted by Crippen LogP contribution is -3.12. The molecule has 1 aromatic heterocycles. The fourth-order valence-electron chi connectivity index (χ4n) is 2.58. The molecule has 2 aromatic rings. The predicted octanol–water partition coefficient (Wildman–Crippen LogP) is 0.827. The van der Waals surface area contributed by atoms with E-state index in [1.165, 1.54) is 4.90 Å². The summed E-state index contributed by atoms with van der Waals surface area (Å²) in [6.45, 7) is 7.68. The lowest BCUT2D eigenvalue weighted by atomic mass is 10.2. The second-order valence-electron chi connectivity index (χ2n) is 5.97. The largest absolute Gasteiger partial charge is 0.362 e. The van der Waals surface area contributed by atoms with Crippen molar-refractivity contribution in [2.45, 2.75) is 13.8 Å². The van der Waals surface area contributed by atoms with Gasteiger partial charge in [-0.25, -0.2) is 0 Å². The number of likely N-dealkylation sites (N-methyl/N-ethyl adjacent to an activating group) is 1. The summed E-state index contributed by atoms with van der Waals surface area (Å²) in [5.41, 5.74) is 1.47. The van der Waals surface area contributed by atoms with E-state index in [1.54, 1.807) is 36.5 Å². The monoisotopic (exact) mass is 355 g/mol. The molecule has 0 saturated heterocycles. The van der Waals surface area contributed by atoms with Crippen LogP contribution in [-0.2, 0) is 4.79 Å². The van der Waals surface area contributed by atoms with Gasteiger partial charge in [-0.15, -0.1) is 0 Å². The number of aromatic amines is 1.